The van der Waals surface area contributed by atoms with Gasteiger partial charge in [0.05, 0.1) is 0 Å². The molecule has 136 valence electrons. The molecule has 4 rings (SSSR count). The number of amides is 1. The average molecular weight is 360 g/mol. The Kier molecular flexibility index (Phi) is 4.66. The number of ether oxygens (including phenoxy) is 2. The highest BCUT2D eigenvalue weighted by Gasteiger charge is 2.16. The van der Waals surface area contributed by atoms with Crippen molar-refractivity contribution in [2.75, 3.05) is 17.4 Å². The van der Waals surface area contributed by atoms with Crippen LogP contribution >= 0.6 is 0 Å². The van der Waals surface area contributed by atoms with Crippen molar-refractivity contribution in [2.24, 2.45) is 0 Å². The van der Waals surface area contributed by atoms with Crippen molar-refractivity contribution in [1.29, 1.82) is 0 Å². The normalized spacial score (nSPS) is 11.9. The summed E-state index contributed by atoms with van der Waals surface area (Å²) in [5, 5.41) is 6.28. The molecule has 0 saturated carbocycles. The molecular weight excluding hydrogens is 340 g/mol. The maximum absolute atomic E-state index is 12.4. The van der Waals surface area contributed by atoms with Gasteiger partial charge in [-0.1, -0.05) is 29.8 Å². The molecule has 3 aromatic rings. The topological polar surface area (TPSA) is 59.6 Å². The largest absolute Gasteiger partial charge is 0.454 e. The molecule has 0 fully saturated rings. The molecule has 0 unspecified atom stereocenters. The van der Waals surface area contributed by atoms with Crippen LogP contribution in [-0.4, -0.2) is 12.7 Å². The zero-order valence-electron chi connectivity index (χ0n) is 15.0. The van der Waals surface area contributed by atoms with Crippen LogP contribution in [0.2, 0.25) is 0 Å². The number of benzene rings is 3. The SMILES string of the molecule is Cc1cccc(CNc2ccc(NC(=O)c3ccc4c(c3)OCO4)cc2)c1. The van der Waals surface area contributed by atoms with Crippen LogP contribution in [-0.2, 0) is 6.54 Å². The minimum atomic E-state index is -0.186. The first-order chi connectivity index (χ1) is 13.2. The van der Waals surface area contributed by atoms with E-state index >= 15 is 0 Å². The van der Waals surface area contributed by atoms with E-state index < -0.39 is 0 Å². The third-order valence-electron chi connectivity index (χ3n) is 4.36. The van der Waals surface area contributed by atoms with E-state index in [0.717, 1.165) is 17.9 Å². The summed E-state index contributed by atoms with van der Waals surface area (Å²) in [5.41, 5.74) is 4.74. The Morgan fingerprint density at radius 3 is 2.52 bits per heavy atom. The van der Waals surface area contributed by atoms with Gasteiger partial charge < -0.3 is 20.1 Å². The van der Waals surface area contributed by atoms with Crippen molar-refractivity contribution in [3.05, 3.63) is 83.4 Å². The Morgan fingerprint density at radius 2 is 1.70 bits per heavy atom. The van der Waals surface area contributed by atoms with Gasteiger partial charge in [0, 0.05) is 23.5 Å². The van der Waals surface area contributed by atoms with Gasteiger partial charge in [-0.15, -0.1) is 0 Å². The van der Waals surface area contributed by atoms with Gasteiger partial charge in [-0.05, 0) is 55.0 Å². The lowest BCUT2D eigenvalue weighted by molar-refractivity contribution is 0.102. The van der Waals surface area contributed by atoms with Crippen LogP contribution in [0.1, 0.15) is 21.5 Å². The number of fused-ring (bicyclic) bond motifs is 1. The second kappa shape index (κ2) is 7.41. The fourth-order valence-electron chi connectivity index (χ4n) is 2.94. The van der Waals surface area contributed by atoms with Crippen LogP contribution in [0.15, 0.2) is 66.7 Å². The molecule has 1 heterocycles. The number of anilines is 2. The van der Waals surface area contributed by atoms with E-state index in [1.807, 2.05) is 24.3 Å². The van der Waals surface area contributed by atoms with Crippen LogP contribution in [0.4, 0.5) is 11.4 Å². The van der Waals surface area contributed by atoms with E-state index in [1.54, 1.807) is 18.2 Å². The summed E-state index contributed by atoms with van der Waals surface area (Å²) < 4.78 is 10.6. The Balaban J connectivity index is 1.36. The van der Waals surface area contributed by atoms with E-state index in [-0.39, 0.29) is 12.7 Å². The molecule has 1 aliphatic heterocycles. The van der Waals surface area contributed by atoms with E-state index in [9.17, 15) is 4.79 Å². The first kappa shape index (κ1) is 17.0. The van der Waals surface area contributed by atoms with Crippen molar-refractivity contribution >= 4 is 17.3 Å². The molecular formula is C22H20N2O3. The molecule has 0 aliphatic carbocycles. The van der Waals surface area contributed by atoms with Crippen LogP contribution in [0, 0.1) is 6.92 Å². The Hall–Kier alpha value is -3.47. The second-order valence-corrected chi connectivity index (χ2v) is 6.44. The monoisotopic (exact) mass is 360 g/mol. The van der Waals surface area contributed by atoms with E-state index in [4.69, 9.17) is 9.47 Å². The number of aryl methyl sites for hydroxylation is 1. The molecule has 0 radical (unpaired) electrons. The molecule has 2 N–H and O–H groups in total. The molecule has 0 aromatic heterocycles. The molecule has 0 spiro atoms. The molecule has 1 amide bonds. The van der Waals surface area contributed by atoms with Crippen LogP contribution in [0.25, 0.3) is 0 Å². The number of rotatable bonds is 5. The maximum Gasteiger partial charge on any atom is 0.255 e. The van der Waals surface area contributed by atoms with Crippen molar-refractivity contribution in [3.63, 3.8) is 0 Å². The van der Waals surface area contributed by atoms with Gasteiger partial charge in [-0.2, -0.15) is 0 Å². The van der Waals surface area contributed by atoms with Gasteiger partial charge in [0.15, 0.2) is 11.5 Å². The average Bonchev–Trinajstić information content (AvgIpc) is 3.15. The predicted molar refractivity (Wildman–Crippen MR) is 105 cm³/mol. The minimum absolute atomic E-state index is 0.186. The first-order valence-electron chi connectivity index (χ1n) is 8.78. The molecule has 0 saturated heterocycles. The fourth-order valence-corrected chi connectivity index (χ4v) is 2.94. The molecule has 0 atom stereocenters. The molecule has 27 heavy (non-hydrogen) atoms. The van der Waals surface area contributed by atoms with Crippen molar-refractivity contribution in [1.82, 2.24) is 0 Å². The lowest BCUT2D eigenvalue weighted by Crippen LogP contribution is -2.11. The summed E-state index contributed by atoms with van der Waals surface area (Å²) in [6.45, 7) is 3.03. The molecule has 1 aliphatic rings. The smallest absolute Gasteiger partial charge is 0.255 e. The fraction of sp³-hybridized carbons (Fsp3) is 0.136. The van der Waals surface area contributed by atoms with Gasteiger partial charge in [0.25, 0.3) is 5.91 Å². The molecule has 5 nitrogen and oxygen atoms in total. The number of hydrogen-bond acceptors (Lipinski definition) is 4. The van der Waals surface area contributed by atoms with Gasteiger partial charge >= 0.3 is 0 Å². The maximum atomic E-state index is 12.4. The summed E-state index contributed by atoms with van der Waals surface area (Å²) in [6.07, 6.45) is 0. The highest BCUT2D eigenvalue weighted by Crippen LogP contribution is 2.32. The number of nitrogens with one attached hydrogen (secondary N) is 2. The van der Waals surface area contributed by atoms with Gasteiger partial charge in [0.1, 0.15) is 0 Å². The first-order valence-corrected chi connectivity index (χ1v) is 8.78. The van der Waals surface area contributed by atoms with Crippen LogP contribution in [0.5, 0.6) is 11.5 Å². The van der Waals surface area contributed by atoms with Crippen molar-refractivity contribution in [2.45, 2.75) is 13.5 Å². The summed E-state index contributed by atoms with van der Waals surface area (Å²) >= 11 is 0. The lowest BCUT2D eigenvalue weighted by atomic mass is 10.1. The lowest BCUT2D eigenvalue weighted by Gasteiger charge is -2.09. The molecule has 5 heteroatoms. The summed E-state index contributed by atoms with van der Waals surface area (Å²) in [7, 11) is 0. The predicted octanol–water partition coefficient (Wildman–Crippen LogP) is 4.59. The summed E-state index contributed by atoms with van der Waals surface area (Å²) in [5.74, 6) is 1.07. The number of hydrogen-bond donors (Lipinski definition) is 2. The van der Waals surface area contributed by atoms with Crippen molar-refractivity contribution < 1.29 is 14.3 Å². The van der Waals surface area contributed by atoms with E-state index in [1.165, 1.54) is 11.1 Å². The zero-order valence-corrected chi connectivity index (χ0v) is 15.0. The van der Waals surface area contributed by atoms with E-state index in [0.29, 0.717) is 17.1 Å². The third-order valence-corrected chi connectivity index (χ3v) is 4.36. The summed E-state index contributed by atoms with van der Waals surface area (Å²) in [4.78, 5) is 12.4. The minimum Gasteiger partial charge on any atom is -0.454 e. The molecule has 3 aromatic carbocycles. The van der Waals surface area contributed by atoms with Crippen LogP contribution < -0.4 is 20.1 Å². The number of carbonyl (C=O) groups is 1. The van der Waals surface area contributed by atoms with Gasteiger partial charge in [-0.3, -0.25) is 4.79 Å². The van der Waals surface area contributed by atoms with Gasteiger partial charge in [0.2, 0.25) is 6.79 Å². The zero-order chi connectivity index (χ0) is 18.6. The van der Waals surface area contributed by atoms with Gasteiger partial charge in [-0.25, -0.2) is 0 Å². The number of carbonyl (C=O) groups excluding carboxylic acids is 1. The Bertz CT molecular complexity index is 968. The van der Waals surface area contributed by atoms with E-state index in [2.05, 4.69) is 41.8 Å². The second-order valence-electron chi connectivity index (χ2n) is 6.44. The quantitative estimate of drug-likeness (QED) is 0.699. The van der Waals surface area contributed by atoms with Crippen molar-refractivity contribution in [3.8, 4) is 11.5 Å². The highest BCUT2D eigenvalue weighted by atomic mass is 16.7. The third kappa shape index (κ3) is 4.03. The molecule has 0 bridgehead atoms. The summed E-state index contributed by atoms with van der Waals surface area (Å²) in [6, 6.07) is 21.2. The standard InChI is InChI=1S/C22H20N2O3/c1-15-3-2-4-16(11-15)13-23-18-6-8-19(9-7-18)24-22(25)17-5-10-20-21(12-17)27-14-26-20/h2-12,23H,13-14H2,1H3,(H,24,25). The highest BCUT2D eigenvalue weighted by molar-refractivity contribution is 6.04. The van der Waals surface area contributed by atoms with Crippen LogP contribution in [0.3, 0.4) is 0 Å². The Morgan fingerprint density at radius 1 is 0.926 bits per heavy atom. The Labute approximate surface area is 157 Å².